The van der Waals surface area contributed by atoms with Gasteiger partial charge in [0.25, 0.3) is 5.91 Å². The first kappa shape index (κ1) is 25.8. The van der Waals surface area contributed by atoms with Crippen LogP contribution in [0, 0.1) is 19.8 Å². The molecule has 1 amide bonds. The van der Waals surface area contributed by atoms with Crippen molar-refractivity contribution < 1.29 is 37.3 Å². The Kier molecular flexibility index (Phi) is 8.28. The Morgan fingerprint density at radius 1 is 1.24 bits per heavy atom. The number of aromatic nitrogens is 1. The number of ether oxygens (including phenoxy) is 2. The molecule has 1 atom stereocenters. The number of alkyl halides is 3. The second kappa shape index (κ2) is 10.6. The van der Waals surface area contributed by atoms with Crippen LogP contribution < -0.4 is 0 Å². The fourth-order valence-corrected chi connectivity index (χ4v) is 5.80. The third-order valence-corrected chi connectivity index (χ3v) is 7.48. The van der Waals surface area contributed by atoms with Gasteiger partial charge < -0.3 is 19.5 Å². The molecule has 0 saturated carbocycles. The van der Waals surface area contributed by atoms with Crippen molar-refractivity contribution in [3.05, 3.63) is 29.1 Å². The molecule has 0 radical (unpaired) electrons. The summed E-state index contributed by atoms with van der Waals surface area (Å²) in [4.78, 5) is 28.0. The largest absolute Gasteiger partial charge is 0.490 e. The second-order valence-electron chi connectivity index (χ2n) is 8.81. The van der Waals surface area contributed by atoms with Gasteiger partial charge in [0.15, 0.2) is 0 Å². The first-order valence-corrected chi connectivity index (χ1v) is 11.8. The Morgan fingerprint density at radius 3 is 2.36 bits per heavy atom. The van der Waals surface area contributed by atoms with Crippen LogP contribution in [-0.2, 0) is 14.3 Å². The molecular formula is C22H29F3N2O5S. The molecular weight excluding hydrogens is 461 g/mol. The summed E-state index contributed by atoms with van der Waals surface area (Å²) in [5.41, 5.74) is 2.57. The highest BCUT2D eigenvalue weighted by Crippen LogP contribution is 2.46. The number of hydrogen-bond acceptors (Lipinski definition) is 6. The molecule has 1 unspecified atom stereocenters. The summed E-state index contributed by atoms with van der Waals surface area (Å²) in [6, 6.07) is 3.78. The summed E-state index contributed by atoms with van der Waals surface area (Å²) >= 11 is 1.99. The van der Waals surface area contributed by atoms with Crippen LogP contribution in [-0.4, -0.2) is 82.6 Å². The van der Waals surface area contributed by atoms with Gasteiger partial charge in [-0.1, -0.05) is 0 Å². The SMILES string of the molecule is Cc1cc(C(=O)N2CC3(CC(OCC4CCOCC4)CS3)C2)cc(C)n1.O=C(O)C(F)(F)F. The van der Waals surface area contributed by atoms with E-state index in [1.807, 2.05) is 42.6 Å². The quantitative estimate of drug-likeness (QED) is 0.691. The molecule has 7 nitrogen and oxygen atoms in total. The van der Waals surface area contributed by atoms with E-state index in [1.54, 1.807) is 0 Å². The van der Waals surface area contributed by atoms with Crippen LogP contribution in [0.2, 0.25) is 0 Å². The Bertz CT molecular complexity index is 835. The molecule has 1 aromatic rings. The number of hydrogen-bond donors (Lipinski definition) is 1. The summed E-state index contributed by atoms with van der Waals surface area (Å²) in [5, 5.41) is 7.12. The van der Waals surface area contributed by atoms with Gasteiger partial charge in [-0.05, 0) is 51.2 Å². The Morgan fingerprint density at radius 2 is 1.82 bits per heavy atom. The molecule has 1 N–H and O–H groups in total. The highest BCUT2D eigenvalue weighted by molar-refractivity contribution is 8.01. The lowest BCUT2D eigenvalue weighted by Gasteiger charge is -2.47. The minimum absolute atomic E-state index is 0.136. The number of carboxylic acid groups (broad SMARTS) is 1. The second-order valence-corrected chi connectivity index (χ2v) is 10.3. The summed E-state index contributed by atoms with van der Waals surface area (Å²) in [6.07, 6.45) is -1.43. The average molecular weight is 491 g/mol. The number of likely N-dealkylation sites (tertiary alicyclic amines) is 1. The van der Waals surface area contributed by atoms with E-state index in [-0.39, 0.29) is 10.7 Å². The zero-order valence-corrected chi connectivity index (χ0v) is 19.5. The molecule has 4 heterocycles. The van der Waals surface area contributed by atoms with Crippen LogP contribution in [0.5, 0.6) is 0 Å². The Hall–Kier alpha value is -1.85. The van der Waals surface area contributed by atoms with E-state index in [0.29, 0.717) is 12.0 Å². The van der Waals surface area contributed by atoms with Gasteiger partial charge in [0.1, 0.15) is 0 Å². The van der Waals surface area contributed by atoms with E-state index >= 15 is 0 Å². The lowest BCUT2D eigenvalue weighted by molar-refractivity contribution is -0.192. The molecule has 1 spiro atoms. The number of carbonyl (C=O) groups is 2. The standard InChI is InChI=1S/C20H28N2O3S.C2HF3O2/c1-14-7-17(8-15(2)21-14)19(23)22-12-20(13-22)9-18(11-26-20)25-10-16-3-5-24-6-4-16;3-2(4,5)1(6)7/h7-8,16,18H,3-6,9-13H2,1-2H3;(H,6,7). The van der Waals surface area contributed by atoms with Crippen LogP contribution in [0.3, 0.4) is 0 Å². The zero-order chi connectivity index (χ0) is 24.2. The van der Waals surface area contributed by atoms with E-state index in [9.17, 15) is 18.0 Å². The molecule has 4 rings (SSSR count). The van der Waals surface area contributed by atoms with Gasteiger partial charge in [-0.25, -0.2) is 4.79 Å². The molecule has 3 aliphatic rings. The number of carbonyl (C=O) groups excluding carboxylic acids is 1. The molecule has 1 aromatic heterocycles. The van der Waals surface area contributed by atoms with Crippen LogP contribution in [0.15, 0.2) is 12.1 Å². The maximum absolute atomic E-state index is 12.7. The van der Waals surface area contributed by atoms with Crippen molar-refractivity contribution in [2.45, 2.75) is 50.1 Å². The van der Waals surface area contributed by atoms with Gasteiger partial charge in [-0.2, -0.15) is 13.2 Å². The van der Waals surface area contributed by atoms with E-state index in [4.69, 9.17) is 19.4 Å². The number of rotatable bonds is 4. The van der Waals surface area contributed by atoms with Crippen molar-refractivity contribution in [1.29, 1.82) is 0 Å². The minimum Gasteiger partial charge on any atom is -0.475 e. The molecule has 0 aliphatic carbocycles. The summed E-state index contributed by atoms with van der Waals surface area (Å²) < 4.78 is 43.6. The summed E-state index contributed by atoms with van der Waals surface area (Å²) in [7, 11) is 0. The van der Waals surface area contributed by atoms with E-state index < -0.39 is 12.1 Å². The molecule has 3 aliphatic heterocycles. The number of aryl methyl sites for hydroxylation is 2. The summed E-state index contributed by atoms with van der Waals surface area (Å²) in [6.45, 7) is 8.18. The molecule has 33 heavy (non-hydrogen) atoms. The van der Waals surface area contributed by atoms with Gasteiger partial charge in [0.05, 0.1) is 10.9 Å². The number of carboxylic acids is 1. The van der Waals surface area contributed by atoms with E-state index in [1.165, 1.54) is 0 Å². The third kappa shape index (κ3) is 7.07. The third-order valence-electron chi connectivity index (χ3n) is 5.90. The van der Waals surface area contributed by atoms with Crippen LogP contribution >= 0.6 is 11.8 Å². The Balaban J connectivity index is 0.000000383. The fraction of sp³-hybridized carbons (Fsp3) is 0.682. The van der Waals surface area contributed by atoms with Gasteiger partial charge in [0.2, 0.25) is 0 Å². The van der Waals surface area contributed by atoms with E-state index in [2.05, 4.69) is 4.98 Å². The van der Waals surface area contributed by atoms with Gasteiger partial charge in [-0.3, -0.25) is 9.78 Å². The Labute approximate surface area is 195 Å². The van der Waals surface area contributed by atoms with Crippen molar-refractivity contribution in [2.75, 3.05) is 38.7 Å². The average Bonchev–Trinajstić information content (AvgIpc) is 3.15. The molecule has 3 saturated heterocycles. The van der Waals surface area contributed by atoms with Gasteiger partial charge >= 0.3 is 12.1 Å². The normalized spacial score (nSPS) is 22.5. The van der Waals surface area contributed by atoms with Gasteiger partial charge in [-0.15, -0.1) is 11.8 Å². The maximum Gasteiger partial charge on any atom is 0.490 e. The first-order chi connectivity index (χ1) is 15.5. The van der Waals surface area contributed by atoms with Gasteiger partial charge in [0, 0.05) is 55.6 Å². The van der Waals surface area contributed by atoms with Crippen molar-refractivity contribution in [1.82, 2.24) is 9.88 Å². The number of halogens is 3. The van der Waals surface area contributed by atoms with E-state index in [0.717, 1.165) is 74.9 Å². The lowest BCUT2D eigenvalue weighted by atomic mass is 9.92. The first-order valence-electron chi connectivity index (χ1n) is 10.9. The predicted molar refractivity (Wildman–Crippen MR) is 116 cm³/mol. The molecule has 0 bridgehead atoms. The maximum atomic E-state index is 12.7. The zero-order valence-electron chi connectivity index (χ0n) is 18.7. The monoisotopic (exact) mass is 490 g/mol. The van der Waals surface area contributed by atoms with Crippen molar-refractivity contribution in [3.63, 3.8) is 0 Å². The van der Waals surface area contributed by atoms with Crippen molar-refractivity contribution >= 4 is 23.6 Å². The van der Waals surface area contributed by atoms with Crippen molar-refractivity contribution in [2.24, 2.45) is 5.92 Å². The summed E-state index contributed by atoms with van der Waals surface area (Å²) in [5.74, 6) is -0.912. The number of nitrogens with zero attached hydrogens (tertiary/aromatic N) is 2. The minimum atomic E-state index is -5.08. The van der Waals surface area contributed by atoms with Crippen LogP contribution in [0.4, 0.5) is 13.2 Å². The molecule has 3 fully saturated rings. The molecule has 11 heteroatoms. The highest BCUT2D eigenvalue weighted by atomic mass is 32.2. The van der Waals surface area contributed by atoms with Crippen LogP contribution in [0.25, 0.3) is 0 Å². The molecule has 184 valence electrons. The number of pyridine rings is 1. The predicted octanol–water partition coefficient (Wildman–Crippen LogP) is 3.48. The lowest BCUT2D eigenvalue weighted by Crippen LogP contribution is -2.60. The molecule has 0 aromatic carbocycles. The van der Waals surface area contributed by atoms with Crippen LogP contribution in [0.1, 0.15) is 41.0 Å². The topological polar surface area (TPSA) is 89.0 Å². The smallest absolute Gasteiger partial charge is 0.475 e. The highest BCUT2D eigenvalue weighted by Gasteiger charge is 2.51. The fourth-order valence-electron chi connectivity index (χ4n) is 4.25. The number of thioether (sulfide) groups is 1. The number of amides is 1. The number of aliphatic carboxylic acids is 1. The van der Waals surface area contributed by atoms with Crippen molar-refractivity contribution in [3.8, 4) is 0 Å².